The molecule has 0 unspecified atom stereocenters. The Balaban J connectivity index is 1.28. The number of rotatable bonds is 2. The minimum absolute atomic E-state index is 0.209. The molecule has 9 aromatic rings. The van der Waals surface area contributed by atoms with E-state index >= 15 is 0 Å². The first-order valence-electron chi connectivity index (χ1n) is 16.4. The van der Waals surface area contributed by atoms with E-state index in [9.17, 15) is 0 Å². The zero-order valence-corrected chi connectivity index (χ0v) is 27.1. The molecule has 1 nitrogen and oxygen atoms in total. The molecule has 47 heavy (non-hydrogen) atoms. The van der Waals surface area contributed by atoms with Crippen LogP contribution in [0.15, 0.2) is 152 Å². The third-order valence-corrected chi connectivity index (χ3v) is 11.6. The van der Waals surface area contributed by atoms with Crippen molar-refractivity contribution in [3.05, 3.63) is 163 Å². The quantitative estimate of drug-likeness (QED) is 0.174. The van der Waals surface area contributed by atoms with Crippen LogP contribution in [0.5, 0.6) is 0 Å². The number of hydrogen-bond donors (Lipinski definition) is 0. The molecule has 10 rings (SSSR count). The lowest BCUT2D eigenvalue weighted by Crippen LogP contribution is -2.30. The van der Waals surface area contributed by atoms with Gasteiger partial charge in [-0.3, -0.25) is 0 Å². The molecule has 1 aliphatic heterocycles. The highest BCUT2D eigenvalue weighted by atomic mass is 32.1. The number of hydrogen-bond acceptors (Lipinski definition) is 2. The van der Waals surface area contributed by atoms with Gasteiger partial charge in [0.2, 0.25) is 0 Å². The molecule has 0 saturated carbocycles. The summed E-state index contributed by atoms with van der Waals surface area (Å²) in [6.07, 6.45) is 0. The molecule has 2 heteroatoms. The highest BCUT2D eigenvalue weighted by Crippen LogP contribution is 2.55. The van der Waals surface area contributed by atoms with Gasteiger partial charge in [-0.15, -0.1) is 11.3 Å². The van der Waals surface area contributed by atoms with Gasteiger partial charge in [-0.25, -0.2) is 0 Å². The molecule has 0 radical (unpaired) electrons. The summed E-state index contributed by atoms with van der Waals surface area (Å²) in [4.78, 5) is 2.51. The number of nitrogens with zero attached hydrogens (tertiary/aromatic N) is 1. The summed E-state index contributed by atoms with van der Waals surface area (Å²) in [7, 11) is 0. The van der Waals surface area contributed by atoms with Crippen molar-refractivity contribution >= 4 is 80.9 Å². The highest BCUT2D eigenvalue weighted by molar-refractivity contribution is 7.26. The summed E-state index contributed by atoms with van der Waals surface area (Å²) in [5.41, 5.74) is 8.68. The van der Waals surface area contributed by atoms with Crippen molar-refractivity contribution in [3.63, 3.8) is 0 Å². The van der Waals surface area contributed by atoms with Crippen molar-refractivity contribution in [2.45, 2.75) is 19.3 Å². The fraction of sp³-hybridized carbons (Fsp3) is 0.0667. The van der Waals surface area contributed by atoms with Crippen LogP contribution in [0.25, 0.3) is 63.6 Å². The first kappa shape index (κ1) is 26.7. The van der Waals surface area contributed by atoms with Crippen LogP contribution in [-0.2, 0) is 5.41 Å². The SMILES string of the molecule is CC1(C)c2ccc(-c3cccc4c3sc3ccccc34)cc2N(c2ccccc2)c2cc3c4ccccc4c4ccccc4c3cc21. The van der Waals surface area contributed by atoms with Crippen molar-refractivity contribution in [1.82, 2.24) is 0 Å². The van der Waals surface area contributed by atoms with Crippen molar-refractivity contribution in [1.29, 1.82) is 0 Å². The Morgan fingerprint density at radius 3 is 1.74 bits per heavy atom. The predicted octanol–water partition coefficient (Wildman–Crippen LogP) is 13.3. The van der Waals surface area contributed by atoms with Gasteiger partial charge in [-0.1, -0.05) is 129 Å². The highest BCUT2D eigenvalue weighted by Gasteiger charge is 2.38. The number of benzene rings is 8. The second-order valence-corrected chi connectivity index (χ2v) is 14.4. The predicted molar refractivity (Wildman–Crippen MR) is 204 cm³/mol. The minimum Gasteiger partial charge on any atom is -0.310 e. The summed E-state index contributed by atoms with van der Waals surface area (Å²) in [6.45, 7) is 4.79. The number of para-hydroxylation sites is 1. The summed E-state index contributed by atoms with van der Waals surface area (Å²) in [6, 6.07) is 56.4. The lowest BCUT2D eigenvalue weighted by atomic mass is 9.72. The summed E-state index contributed by atoms with van der Waals surface area (Å²) in [5, 5.41) is 10.5. The van der Waals surface area contributed by atoms with E-state index in [4.69, 9.17) is 0 Å². The van der Waals surface area contributed by atoms with E-state index in [1.807, 2.05) is 11.3 Å². The third-order valence-electron chi connectivity index (χ3n) is 10.4. The molecule has 8 aromatic carbocycles. The number of anilines is 3. The molecule has 0 bridgehead atoms. The maximum absolute atomic E-state index is 2.51. The second-order valence-electron chi connectivity index (χ2n) is 13.3. The van der Waals surface area contributed by atoms with E-state index in [0.717, 1.165) is 0 Å². The zero-order chi connectivity index (χ0) is 31.3. The lowest BCUT2D eigenvalue weighted by Gasteiger charge is -2.42. The van der Waals surface area contributed by atoms with Gasteiger partial charge in [-0.2, -0.15) is 0 Å². The van der Waals surface area contributed by atoms with Gasteiger partial charge in [0.15, 0.2) is 0 Å². The maximum Gasteiger partial charge on any atom is 0.0509 e. The molecule has 1 aromatic heterocycles. The van der Waals surface area contributed by atoms with Crippen LogP contribution in [-0.4, -0.2) is 0 Å². The summed E-state index contributed by atoms with van der Waals surface area (Å²) >= 11 is 1.90. The Hall–Kier alpha value is -5.44. The van der Waals surface area contributed by atoms with Crippen molar-refractivity contribution < 1.29 is 0 Å². The van der Waals surface area contributed by atoms with Crippen LogP contribution >= 0.6 is 11.3 Å². The molecule has 0 amide bonds. The van der Waals surface area contributed by atoms with Crippen molar-refractivity contribution in [3.8, 4) is 11.1 Å². The molecule has 222 valence electrons. The van der Waals surface area contributed by atoms with E-state index in [2.05, 4.69) is 170 Å². The summed E-state index contributed by atoms with van der Waals surface area (Å²) < 4.78 is 2.68. The molecule has 1 aliphatic rings. The maximum atomic E-state index is 2.51. The normalized spacial score (nSPS) is 13.9. The van der Waals surface area contributed by atoms with Crippen molar-refractivity contribution in [2.75, 3.05) is 4.90 Å². The largest absolute Gasteiger partial charge is 0.310 e. The molecular formula is C45H31NS. The van der Waals surface area contributed by atoms with Crippen LogP contribution in [0.4, 0.5) is 17.1 Å². The van der Waals surface area contributed by atoms with E-state index in [1.54, 1.807) is 0 Å². The molecule has 0 N–H and O–H groups in total. The molecule has 0 fully saturated rings. The van der Waals surface area contributed by atoms with Gasteiger partial charge in [0.25, 0.3) is 0 Å². The summed E-state index contributed by atoms with van der Waals surface area (Å²) in [5.74, 6) is 0. The second kappa shape index (κ2) is 9.78. The van der Waals surface area contributed by atoms with Crippen molar-refractivity contribution in [2.24, 2.45) is 0 Å². The van der Waals surface area contributed by atoms with Gasteiger partial charge < -0.3 is 4.90 Å². The van der Waals surface area contributed by atoms with E-state index in [0.29, 0.717) is 0 Å². The Morgan fingerprint density at radius 1 is 0.447 bits per heavy atom. The van der Waals surface area contributed by atoms with Gasteiger partial charge in [0.05, 0.1) is 11.4 Å². The zero-order valence-electron chi connectivity index (χ0n) is 26.3. The van der Waals surface area contributed by atoms with Gasteiger partial charge in [0.1, 0.15) is 0 Å². The third kappa shape index (κ3) is 3.77. The number of fused-ring (bicyclic) bond motifs is 11. The Morgan fingerprint density at radius 2 is 1.02 bits per heavy atom. The van der Waals surface area contributed by atoms with Gasteiger partial charge in [0, 0.05) is 31.3 Å². The fourth-order valence-corrected chi connectivity index (χ4v) is 9.38. The van der Waals surface area contributed by atoms with Crippen LogP contribution in [0.2, 0.25) is 0 Å². The minimum atomic E-state index is -0.209. The van der Waals surface area contributed by atoms with E-state index in [-0.39, 0.29) is 5.41 Å². The molecule has 2 heterocycles. The first-order chi connectivity index (χ1) is 23.1. The monoisotopic (exact) mass is 617 g/mol. The van der Waals surface area contributed by atoms with Crippen LogP contribution in [0.3, 0.4) is 0 Å². The Bertz CT molecular complexity index is 2720. The average molecular weight is 618 g/mol. The average Bonchev–Trinajstić information content (AvgIpc) is 3.51. The van der Waals surface area contributed by atoms with Crippen LogP contribution < -0.4 is 4.90 Å². The topological polar surface area (TPSA) is 3.24 Å². The molecule has 0 atom stereocenters. The molecular weight excluding hydrogens is 587 g/mol. The lowest BCUT2D eigenvalue weighted by molar-refractivity contribution is 0.633. The van der Waals surface area contributed by atoms with Gasteiger partial charge in [-0.05, 0) is 91.0 Å². The van der Waals surface area contributed by atoms with Crippen LogP contribution in [0, 0.1) is 0 Å². The standard InChI is InChI=1S/C45H31NS/c1-45(2)39-24-23-28(30-20-12-21-36-35-19-10-11-22-43(35)47-44(30)36)25-41(39)46(29-13-4-3-5-14-29)42-27-38-34-18-9-7-16-32(34)31-15-6-8-17-33(31)37(38)26-40(42)45/h3-27H,1-2H3. The molecule has 0 aliphatic carbocycles. The first-order valence-corrected chi connectivity index (χ1v) is 17.2. The smallest absolute Gasteiger partial charge is 0.0509 e. The van der Waals surface area contributed by atoms with E-state index in [1.165, 1.54) is 91.8 Å². The Kier molecular flexibility index (Phi) is 5.57. The van der Waals surface area contributed by atoms with E-state index < -0.39 is 0 Å². The Labute approximate surface area is 278 Å². The van der Waals surface area contributed by atoms with Gasteiger partial charge >= 0.3 is 0 Å². The molecule has 0 spiro atoms. The number of thiophene rings is 1. The fourth-order valence-electron chi connectivity index (χ4n) is 8.14. The molecule has 0 saturated heterocycles. The van der Waals surface area contributed by atoms with Crippen LogP contribution in [0.1, 0.15) is 25.0 Å².